The zero-order chi connectivity index (χ0) is 12.8. The van der Waals surface area contributed by atoms with Gasteiger partial charge in [-0.3, -0.25) is 0 Å². The molecule has 1 fully saturated rings. The van der Waals surface area contributed by atoms with E-state index >= 15 is 0 Å². The lowest BCUT2D eigenvalue weighted by atomic mass is 9.87. The van der Waals surface area contributed by atoms with Gasteiger partial charge in [-0.05, 0) is 37.8 Å². The van der Waals surface area contributed by atoms with Crippen molar-refractivity contribution in [2.45, 2.75) is 52.7 Å². The number of aliphatic hydroxyl groups is 1. The van der Waals surface area contributed by atoms with Gasteiger partial charge < -0.3 is 15.3 Å². The van der Waals surface area contributed by atoms with E-state index in [2.05, 4.69) is 37.9 Å². The van der Waals surface area contributed by atoms with Crippen molar-refractivity contribution >= 4 is 0 Å². The standard InChI is InChI=1S/C14H30N2O/c1-5-15-13-7-12(8-14(17)11(3)4)9-16(6-2)10-13/h11-15,17H,5-10H2,1-4H3. The van der Waals surface area contributed by atoms with E-state index in [0.717, 1.165) is 26.1 Å². The molecule has 3 heteroatoms. The summed E-state index contributed by atoms with van der Waals surface area (Å²) in [6, 6.07) is 0.609. The third kappa shape index (κ3) is 4.94. The fourth-order valence-corrected chi connectivity index (χ4v) is 2.78. The molecule has 1 heterocycles. The summed E-state index contributed by atoms with van der Waals surface area (Å²) in [6.07, 6.45) is 2.03. The molecule has 0 spiro atoms. The van der Waals surface area contributed by atoms with E-state index in [1.54, 1.807) is 0 Å². The van der Waals surface area contributed by atoms with E-state index in [9.17, 15) is 5.11 Å². The molecule has 0 saturated carbocycles. The van der Waals surface area contributed by atoms with Crippen LogP contribution in [0.5, 0.6) is 0 Å². The molecular weight excluding hydrogens is 212 g/mol. The summed E-state index contributed by atoms with van der Waals surface area (Å²) in [5.41, 5.74) is 0. The lowest BCUT2D eigenvalue weighted by Crippen LogP contribution is -2.49. The number of likely N-dealkylation sites (N-methyl/N-ethyl adjacent to an activating group) is 2. The second kappa shape index (κ2) is 7.34. The molecular formula is C14H30N2O. The Hall–Kier alpha value is -0.120. The lowest BCUT2D eigenvalue weighted by Gasteiger charge is -2.38. The minimum Gasteiger partial charge on any atom is -0.393 e. The van der Waals surface area contributed by atoms with Crippen molar-refractivity contribution in [3.8, 4) is 0 Å². The quantitative estimate of drug-likeness (QED) is 0.744. The second-order valence-electron chi connectivity index (χ2n) is 5.76. The Morgan fingerprint density at radius 2 is 2.00 bits per heavy atom. The summed E-state index contributed by atoms with van der Waals surface area (Å²) >= 11 is 0. The predicted molar refractivity (Wildman–Crippen MR) is 73.1 cm³/mol. The first-order chi connectivity index (χ1) is 8.06. The molecule has 0 aromatic rings. The molecule has 17 heavy (non-hydrogen) atoms. The molecule has 1 rings (SSSR count). The average molecular weight is 242 g/mol. The Labute approximate surface area is 107 Å². The lowest BCUT2D eigenvalue weighted by molar-refractivity contribution is 0.0635. The Kier molecular flexibility index (Phi) is 6.45. The van der Waals surface area contributed by atoms with Crippen LogP contribution in [0, 0.1) is 11.8 Å². The first-order valence-electron chi connectivity index (χ1n) is 7.20. The summed E-state index contributed by atoms with van der Waals surface area (Å²) in [4.78, 5) is 2.51. The van der Waals surface area contributed by atoms with Gasteiger partial charge in [-0.25, -0.2) is 0 Å². The van der Waals surface area contributed by atoms with E-state index < -0.39 is 0 Å². The number of nitrogens with zero attached hydrogens (tertiary/aromatic N) is 1. The highest BCUT2D eigenvalue weighted by molar-refractivity contribution is 4.84. The average Bonchev–Trinajstić information content (AvgIpc) is 2.28. The van der Waals surface area contributed by atoms with Crippen LogP contribution in [0.4, 0.5) is 0 Å². The van der Waals surface area contributed by atoms with Gasteiger partial charge in [0.2, 0.25) is 0 Å². The number of hydrogen-bond donors (Lipinski definition) is 2. The summed E-state index contributed by atoms with van der Waals surface area (Å²) in [7, 11) is 0. The SMILES string of the molecule is CCNC1CC(CC(O)C(C)C)CN(CC)C1. The number of nitrogens with one attached hydrogen (secondary N) is 1. The highest BCUT2D eigenvalue weighted by Gasteiger charge is 2.27. The third-order valence-electron chi connectivity index (χ3n) is 3.90. The van der Waals surface area contributed by atoms with Gasteiger partial charge in [0.25, 0.3) is 0 Å². The van der Waals surface area contributed by atoms with E-state index in [4.69, 9.17) is 0 Å². The van der Waals surface area contributed by atoms with E-state index in [0.29, 0.717) is 17.9 Å². The van der Waals surface area contributed by atoms with Crippen LogP contribution >= 0.6 is 0 Å². The molecule has 3 unspecified atom stereocenters. The topological polar surface area (TPSA) is 35.5 Å². The molecule has 0 amide bonds. The van der Waals surface area contributed by atoms with E-state index in [1.807, 2.05) is 0 Å². The minimum atomic E-state index is -0.140. The normalized spacial score (nSPS) is 28.6. The zero-order valence-corrected chi connectivity index (χ0v) is 11.9. The summed E-state index contributed by atoms with van der Waals surface area (Å²) in [5, 5.41) is 13.6. The maximum Gasteiger partial charge on any atom is 0.0566 e. The molecule has 0 bridgehead atoms. The highest BCUT2D eigenvalue weighted by atomic mass is 16.3. The van der Waals surface area contributed by atoms with Crippen molar-refractivity contribution in [1.29, 1.82) is 0 Å². The maximum absolute atomic E-state index is 10.0. The van der Waals surface area contributed by atoms with Crippen molar-refractivity contribution < 1.29 is 5.11 Å². The molecule has 0 radical (unpaired) electrons. The number of likely N-dealkylation sites (tertiary alicyclic amines) is 1. The Morgan fingerprint density at radius 3 is 2.53 bits per heavy atom. The molecule has 2 N–H and O–H groups in total. The van der Waals surface area contributed by atoms with Crippen LogP contribution in [0.25, 0.3) is 0 Å². The molecule has 102 valence electrons. The maximum atomic E-state index is 10.0. The summed E-state index contributed by atoms with van der Waals surface area (Å²) in [6.45, 7) is 13.1. The van der Waals surface area contributed by atoms with Gasteiger partial charge in [-0.15, -0.1) is 0 Å². The van der Waals surface area contributed by atoms with Crippen LogP contribution < -0.4 is 5.32 Å². The molecule has 3 nitrogen and oxygen atoms in total. The van der Waals surface area contributed by atoms with Gasteiger partial charge in [0.1, 0.15) is 0 Å². The van der Waals surface area contributed by atoms with Gasteiger partial charge in [0.05, 0.1) is 6.10 Å². The number of rotatable bonds is 6. The second-order valence-corrected chi connectivity index (χ2v) is 5.76. The smallest absolute Gasteiger partial charge is 0.0566 e. The molecule has 1 aliphatic heterocycles. The fourth-order valence-electron chi connectivity index (χ4n) is 2.78. The zero-order valence-electron chi connectivity index (χ0n) is 11.9. The molecule has 1 saturated heterocycles. The van der Waals surface area contributed by atoms with Gasteiger partial charge in [0.15, 0.2) is 0 Å². The van der Waals surface area contributed by atoms with Gasteiger partial charge in [0, 0.05) is 19.1 Å². The van der Waals surface area contributed by atoms with E-state index in [-0.39, 0.29) is 6.10 Å². The highest BCUT2D eigenvalue weighted by Crippen LogP contribution is 2.23. The molecule has 0 aromatic carbocycles. The number of aliphatic hydroxyl groups excluding tert-OH is 1. The third-order valence-corrected chi connectivity index (χ3v) is 3.90. The first kappa shape index (κ1) is 14.9. The Balaban J connectivity index is 2.47. The van der Waals surface area contributed by atoms with Crippen LogP contribution in [0.2, 0.25) is 0 Å². The minimum absolute atomic E-state index is 0.140. The van der Waals surface area contributed by atoms with Crippen molar-refractivity contribution in [3.05, 3.63) is 0 Å². The Morgan fingerprint density at radius 1 is 1.29 bits per heavy atom. The van der Waals surface area contributed by atoms with E-state index in [1.165, 1.54) is 13.0 Å². The van der Waals surface area contributed by atoms with Crippen LogP contribution in [-0.4, -0.2) is 48.3 Å². The first-order valence-corrected chi connectivity index (χ1v) is 7.20. The van der Waals surface area contributed by atoms with Gasteiger partial charge >= 0.3 is 0 Å². The predicted octanol–water partition coefficient (Wildman–Crippen LogP) is 1.71. The van der Waals surface area contributed by atoms with Gasteiger partial charge in [-0.1, -0.05) is 27.7 Å². The van der Waals surface area contributed by atoms with Gasteiger partial charge in [-0.2, -0.15) is 0 Å². The molecule has 3 atom stereocenters. The van der Waals surface area contributed by atoms with Crippen molar-refractivity contribution in [3.63, 3.8) is 0 Å². The van der Waals surface area contributed by atoms with Crippen molar-refractivity contribution in [2.24, 2.45) is 11.8 Å². The van der Waals surface area contributed by atoms with Crippen molar-refractivity contribution in [2.75, 3.05) is 26.2 Å². The van der Waals surface area contributed by atoms with Crippen LogP contribution in [-0.2, 0) is 0 Å². The Bertz CT molecular complexity index is 208. The monoisotopic (exact) mass is 242 g/mol. The van der Waals surface area contributed by atoms with Crippen LogP contribution in [0.1, 0.15) is 40.5 Å². The fraction of sp³-hybridized carbons (Fsp3) is 1.00. The number of piperidine rings is 1. The molecule has 0 aliphatic carbocycles. The van der Waals surface area contributed by atoms with Crippen LogP contribution in [0.3, 0.4) is 0 Å². The molecule has 1 aliphatic rings. The van der Waals surface area contributed by atoms with Crippen molar-refractivity contribution in [1.82, 2.24) is 10.2 Å². The number of hydrogen-bond acceptors (Lipinski definition) is 3. The van der Waals surface area contributed by atoms with Crippen LogP contribution in [0.15, 0.2) is 0 Å². The molecule has 0 aromatic heterocycles. The summed E-state index contributed by atoms with van der Waals surface area (Å²) < 4.78 is 0. The summed E-state index contributed by atoms with van der Waals surface area (Å²) in [5.74, 6) is 1.02. The largest absolute Gasteiger partial charge is 0.393 e.